The second-order valence-corrected chi connectivity index (χ2v) is 5.97. The smallest absolute Gasteiger partial charge is 0.320 e. The Bertz CT molecular complexity index is 525. The molecular formula is C12H17NO4S. The predicted octanol–water partition coefficient (Wildman–Crippen LogP) is 1.23. The first kappa shape index (κ1) is 14.7. The minimum absolute atomic E-state index is 0.207. The maximum absolute atomic E-state index is 11.8. The van der Waals surface area contributed by atoms with Crippen molar-refractivity contribution in [3.8, 4) is 0 Å². The van der Waals surface area contributed by atoms with Crippen molar-refractivity contribution < 1.29 is 18.3 Å². The Labute approximate surface area is 107 Å². The summed E-state index contributed by atoms with van der Waals surface area (Å²) in [6, 6.07) is 7.45. The first-order chi connectivity index (χ1) is 8.36. The number of benzene rings is 1. The van der Waals surface area contributed by atoms with Crippen LogP contribution in [0, 0.1) is 6.92 Å². The minimum atomic E-state index is -3.75. The fourth-order valence-corrected chi connectivity index (χ4v) is 2.86. The molecule has 0 fully saturated rings. The van der Waals surface area contributed by atoms with E-state index in [9.17, 15) is 13.2 Å². The van der Waals surface area contributed by atoms with Gasteiger partial charge in [0.05, 0.1) is 0 Å². The Kier molecular flexibility index (Phi) is 4.86. The molecule has 1 aromatic carbocycles. The van der Waals surface area contributed by atoms with Crippen LogP contribution in [0.3, 0.4) is 0 Å². The van der Waals surface area contributed by atoms with E-state index < -0.39 is 21.7 Å². The highest BCUT2D eigenvalue weighted by molar-refractivity contribution is 7.89. The van der Waals surface area contributed by atoms with E-state index in [1.165, 1.54) is 4.31 Å². The number of hydrogen-bond acceptors (Lipinski definition) is 3. The molecule has 0 aliphatic heterocycles. The lowest BCUT2D eigenvalue weighted by Gasteiger charge is -2.20. The van der Waals surface area contributed by atoms with Gasteiger partial charge in [0, 0.05) is 13.1 Å². The second kappa shape index (κ2) is 5.97. The zero-order valence-corrected chi connectivity index (χ0v) is 11.3. The zero-order valence-electron chi connectivity index (χ0n) is 10.5. The predicted molar refractivity (Wildman–Crippen MR) is 68.7 cm³/mol. The van der Waals surface area contributed by atoms with Crippen molar-refractivity contribution in [2.24, 2.45) is 0 Å². The van der Waals surface area contributed by atoms with Crippen LogP contribution < -0.4 is 0 Å². The molecule has 0 saturated carbocycles. The van der Waals surface area contributed by atoms with Gasteiger partial charge in [-0.3, -0.25) is 4.79 Å². The Hall–Kier alpha value is -1.40. The summed E-state index contributed by atoms with van der Waals surface area (Å²) in [6.45, 7) is 4.05. The third-order valence-electron chi connectivity index (χ3n) is 2.66. The van der Waals surface area contributed by atoms with Crippen LogP contribution in [0.1, 0.15) is 18.1 Å². The highest BCUT2D eigenvalue weighted by atomic mass is 32.2. The van der Waals surface area contributed by atoms with Gasteiger partial charge in [-0.05, 0) is 18.1 Å². The largest absolute Gasteiger partial charge is 0.480 e. The summed E-state index contributed by atoms with van der Waals surface area (Å²) >= 11 is 0. The summed E-state index contributed by atoms with van der Waals surface area (Å²) in [5.41, 5.74) is 1.87. The summed E-state index contributed by atoms with van der Waals surface area (Å²) in [4.78, 5) is 10.5. The van der Waals surface area contributed by atoms with E-state index in [0.29, 0.717) is 0 Å². The van der Waals surface area contributed by atoms with E-state index in [-0.39, 0.29) is 13.1 Å². The van der Waals surface area contributed by atoms with Gasteiger partial charge in [-0.15, -0.1) is 0 Å². The Morgan fingerprint density at radius 3 is 2.44 bits per heavy atom. The standard InChI is InChI=1S/C12H17NO4S/c1-3-13(18(16,17)9-12(14)15)8-11-7-5-4-6-10(11)2/h4-7H,3,8-9H2,1-2H3,(H,14,15). The highest BCUT2D eigenvalue weighted by Crippen LogP contribution is 2.13. The molecule has 18 heavy (non-hydrogen) atoms. The van der Waals surface area contributed by atoms with Gasteiger partial charge >= 0.3 is 5.97 Å². The quantitative estimate of drug-likeness (QED) is 0.844. The highest BCUT2D eigenvalue weighted by Gasteiger charge is 2.24. The van der Waals surface area contributed by atoms with Gasteiger partial charge in [-0.25, -0.2) is 8.42 Å². The summed E-state index contributed by atoms with van der Waals surface area (Å²) in [5.74, 6) is -2.20. The van der Waals surface area contributed by atoms with Crippen molar-refractivity contribution >= 4 is 16.0 Å². The molecule has 0 atom stereocenters. The van der Waals surface area contributed by atoms with Crippen molar-refractivity contribution in [1.82, 2.24) is 4.31 Å². The lowest BCUT2D eigenvalue weighted by molar-refractivity contribution is -0.134. The minimum Gasteiger partial charge on any atom is -0.480 e. The molecular weight excluding hydrogens is 254 g/mol. The molecule has 0 amide bonds. The van der Waals surface area contributed by atoms with Crippen molar-refractivity contribution in [1.29, 1.82) is 0 Å². The number of sulfonamides is 1. The first-order valence-electron chi connectivity index (χ1n) is 5.61. The Morgan fingerprint density at radius 2 is 1.94 bits per heavy atom. The fourth-order valence-electron chi connectivity index (χ4n) is 1.63. The molecule has 1 rings (SSSR count). The normalized spacial score (nSPS) is 11.7. The Morgan fingerprint density at radius 1 is 1.33 bits per heavy atom. The van der Waals surface area contributed by atoms with Crippen LogP contribution in [-0.2, 0) is 21.4 Å². The molecule has 6 heteroatoms. The van der Waals surface area contributed by atoms with Crippen LogP contribution >= 0.6 is 0 Å². The first-order valence-corrected chi connectivity index (χ1v) is 7.22. The van der Waals surface area contributed by atoms with E-state index in [0.717, 1.165) is 11.1 Å². The number of rotatable bonds is 6. The molecule has 0 radical (unpaired) electrons. The number of aryl methyl sites for hydroxylation is 1. The second-order valence-electron chi connectivity index (χ2n) is 4.00. The lowest BCUT2D eigenvalue weighted by Crippen LogP contribution is -2.35. The SMILES string of the molecule is CCN(Cc1ccccc1C)S(=O)(=O)CC(=O)O. The van der Waals surface area contributed by atoms with Crippen LogP contribution in [-0.4, -0.2) is 36.1 Å². The summed E-state index contributed by atoms with van der Waals surface area (Å²) in [7, 11) is -3.75. The van der Waals surface area contributed by atoms with Gasteiger partial charge in [-0.1, -0.05) is 31.2 Å². The molecule has 100 valence electrons. The number of nitrogens with zero attached hydrogens (tertiary/aromatic N) is 1. The molecule has 0 heterocycles. The average molecular weight is 271 g/mol. The summed E-state index contributed by atoms with van der Waals surface area (Å²) in [5, 5.41) is 8.61. The van der Waals surface area contributed by atoms with E-state index in [2.05, 4.69) is 0 Å². The average Bonchev–Trinajstić information content (AvgIpc) is 2.25. The summed E-state index contributed by atoms with van der Waals surface area (Å²) in [6.07, 6.45) is 0. The lowest BCUT2D eigenvalue weighted by atomic mass is 10.1. The zero-order chi connectivity index (χ0) is 13.8. The fraction of sp³-hybridized carbons (Fsp3) is 0.417. The number of carbonyl (C=O) groups is 1. The van der Waals surface area contributed by atoms with Gasteiger partial charge in [-0.2, -0.15) is 4.31 Å². The van der Waals surface area contributed by atoms with E-state index in [1.807, 2.05) is 31.2 Å². The third-order valence-corrected chi connectivity index (χ3v) is 4.45. The number of aliphatic carboxylic acids is 1. The van der Waals surface area contributed by atoms with Crippen LogP contribution in [0.25, 0.3) is 0 Å². The topological polar surface area (TPSA) is 74.7 Å². The van der Waals surface area contributed by atoms with Gasteiger partial charge in [0.1, 0.15) is 0 Å². The maximum Gasteiger partial charge on any atom is 0.320 e. The maximum atomic E-state index is 11.8. The summed E-state index contributed by atoms with van der Waals surface area (Å²) < 4.78 is 24.8. The molecule has 0 saturated heterocycles. The van der Waals surface area contributed by atoms with E-state index in [4.69, 9.17) is 5.11 Å². The molecule has 1 aromatic rings. The van der Waals surface area contributed by atoms with Crippen molar-refractivity contribution in [2.75, 3.05) is 12.3 Å². The van der Waals surface area contributed by atoms with Crippen molar-refractivity contribution in [3.63, 3.8) is 0 Å². The van der Waals surface area contributed by atoms with Crippen LogP contribution in [0.2, 0.25) is 0 Å². The van der Waals surface area contributed by atoms with Gasteiger partial charge in [0.15, 0.2) is 5.75 Å². The van der Waals surface area contributed by atoms with Crippen molar-refractivity contribution in [2.45, 2.75) is 20.4 Å². The molecule has 0 bridgehead atoms. The van der Waals surface area contributed by atoms with Crippen LogP contribution in [0.4, 0.5) is 0 Å². The number of carboxylic acids is 1. The molecule has 0 aliphatic carbocycles. The van der Waals surface area contributed by atoms with Crippen LogP contribution in [0.5, 0.6) is 0 Å². The third kappa shape index (κ3) is 3.82. The number of carboxylic acid groups (broad SMARTS) is 1. The van der Waals surface area contributed by atoms with Gasteiger partial charge < -0.3 is 5.11 Å². The molecule has 0 aromatic heterocycles. The Balaban J connectivity index is 2.92. The van der Waals surface area contributed by atoms with E-state index >= 15 is 0 Å². The van der Waals surface area contributed by atoms with E-state index in [1.54, 1.807) is 6.92 Å². The number of hydrogen-bond donors (Lipinski definition) is 1. The molecule has 0 spiro atoms. The van der Waals surface area contributed by atoms with Crippen molar-refractivity contribution in [3.05, 3.63) is 35.4 Å². The van der Waals surface area contributed by atoms with Gasteiger partial charge in [0.25, 0.3) is 0 Å². The molecule has 5 nitrogen and oxygen atoms in total. The molecule has 1 N–H and O–H groups in total. The van der Waals surface area contributed by atoms with Crippen LogP contribution in [0.15, 0.2) is 24.3 Å². The molecule has 0 aliphatic rings. The molecule has 0 unspecified atom stereocenters. The monoisotopic (exact) mass is 271 g/mol. The van der Waals surface area contributed by atoms with Gasteiger partial charge in [0.2, 0.25) is 10.0 Å².